The van der Waals surface area contributed by atoms with Gasteiger partial charge in [0.1, 0.15) is 11.5 Å². The molecule has 0 saturated carbocycles. The van der Waals surface area contributed by atoms with Crippen LogP contribution in [0.1, 0.15) is 35.5 Å². The largest absolute Gasteiger partial charge is 0.475 e. The summed E-state index contributed by atoms with van der Waals surface area (Å²) in [5.41, 5.74) is 1.55. The van der Waals surface area contributed by atoms with Crippen molar-refractivity contribution in [1.29, 1.82) is 0 Å². The van der Waals surface area contributed by atoms with E-state index in [9.17, 15) is 4.79 Å². The first kappa shape index (κ1) is 12.3. The molecule has 0 unspecified atom stereocenters. The Bertz CT molecular complexity index is 584. The number of carboxylic acid groups (broad SMARTS) is 1. The van der Waals surface area contributed by atoms with E-state index in [0.717, 1.165) is 17.8 Å². The topological polar surface area (TPSA) is 85.8 Å². The fraction of sp³-hybridized carbons (Fsp3) is 0.455. The van der Waals surface area contributed by atoms with E-state index < -0.39 is 5.97 Å². The van der Waals surface area contributed by atoms with Gasteiger partial charge in [-0.2, -0.15) is 5.10 Å². The summed E-state index contributed by atoms with van der Waals surface area (Å²) in [6.07, 6.45) is 3.35. The van der Waals surface area contributed by atoms with Crippen molar-refractivity contribution < 1.29 is 9.90 Å². The van der Waals surface area contributed by atoms with E-state index in [1.54, 1.807) is 15.6 Å². The van der Waals surface area contributed by atoms with E-state index in [-0.39, 0.29) is 5.82 Å². The highest BCUT2D eigenvalue weighted by Gasteiger charge is 2.18. The second-order valence-electron chi connectivity index (χ2n) is 4.09. The Morgan fingerprint density at radius 3 is 2.67 bits per heavy atom. The summed E-state index contributed by atoms with van der Waals surface area (Å²) in [7, 11) is 1.81. The number of carbonyl (C=O) groups is 1. The summed E-state index contributed by atoms with van der Waals surface area (Å²) in [5, 5.41) is 17.2. The van der Waals surface area contributed by atoms with Crippen LogP contribution in [0.4, 0.5) is 0 Å². The van der Waals surface area contributed by atoms with Gasteiger partial charge in [-0.1, -0.05) is 6.92 Å². The molecular weight excluding hydrogens is 234 g/mol. The summed E-state index contributed by atoms with van der Waals surface area (Å²) in [5.74, 6) is -0.652. The van der Waals surface area contributed by atoms with Crippen molar-refractivity contribution in [3.63, 3.8) is 0 Å². The van der Waals surface area contributed by atoms with Crippen molar-refractivity contribution in [2.24, 2.45) is 7.05 Å². The molecule has 2 rings (SSSR count). The maximum Gasteiger partial charge on any atom is 0.375 e. The highest BCUT2D eigenvalue weighted by atomic mass is 16.4. The van der Waals surface area contributed by atoms with Gasteiger partial charge in [-0.15, -0.1) is 5.10 Å². The Morgan fingerprint density at radius 1 is 1.44 bits per heavy atom. The third kappa shape index (κ3) is 2.11. The third-order valence-electron chi connectivity index (χ3n) is 2.55. The van der Waals surface area contributed by atoms with Gasteiger partial charge in [0.15, 0.2) is 0 Å². The number of aryl methyl sites for hydroxylation is 3. The first-order chi connectivity index (χ1) is 8.52. The average molecular weight is 249 g/mol. The molecule has 0 spiro atoms. The SMILES string of the molecule is CCCc1nc(C(=O)O)nn1-c1cn(C)nc1C. The first-order valence-corrected chi connectivity index (χ1v) is 5.72. The maximum atomic E-state index is 10.9. The van der Waals surface area contributed by atoms with Crippen LogP contribution in [0.25, 0.3) is 5.69 Å². The first-order valence-electron chi connectivity index (χ1n) is 5.72. The van der Waals surface area contributed by atoms with Crippen LogP contribution in [0.3, 0.4) is 0 Å². The molecule has 1 N–H and O–H groups in total. The van der Waals surface area contributed by atoms with Gasteiger partial charge < -0.3 is 5.11 Å². The molecule has 0 aliphatic heterocycles. The number of hydrogen-bond acceptors (Lipinski definition) is 4. The van der Waals surface area contributed by atoms with E-state index >= 15 is 0 Å². The normalized spacial score (nSPS) is 10.8. The number of carboxylic acids is 1. The minimum atomic E-state index is -1.12. The van der Waals surface area contributed by atoms with Crippen LogP contribution in [0.5, 0.6) is 0 Å². The summed E-state index contributed by atoms with van der Waals surface area (Å²) in [4.78, 5) is 15.0. The number of hydrogen-bond donors (Lipinski definition) is 1. The van der Waals surface area contributed by atoms with E-state index in [2.05, 4.69) is 15.2 Å². The van der Waals surface area contributed by atoms with Crippen molar-refractivity contribution in [3.05, 3.63) is 23.5 Å². The molecule has 0 amide bonds. The van der Waals surface area contributed by atoms with E-state index in [1.807, 2.05) is 20.9 Å². The van der Waals surface area contributed by atoms with E-state index in [4.69, 9.17) is 5.11 Å². The van der Waals surface area contributed by atoms with Crippen LogP contribution in [-0.2, 0) is 13.5 Å². The zero-order valence-electron chi connectivity index (χ0n) is 10.6. The molecule has 0 aliphatic carbocycles. The summed E-state index contributed by atoms with van der Waals surface area (Å²) in [6, 6.07) is 0. The van der Waals surface area contributed by atoms with Gasteiger partial charge in [0.2, 0.25) is 0 Å². The minimum absolute atomic E-state index is 0.179. The van der Waals surface area contributed by atoms with E-state index in [1.165, 1.54) is 0 Å². The van der Waals surface area contributed by atoms with Crippen molar-refractivity contribution in [2.45, 2.75) is 26.7 Å². The molecule has 2 aromatic heterocycles. The maximum absolute atomic E-state index is 10.9. The molecule has 0 bridgehead atoms. The van der Waals surface area contributed by atoms with Crippen molar-refractivity contribution in [1.82, 2.24) is 24.5 Å². The molecule has 2 aromatic rings. The summed E-state index contributed by atoms with van der Waals surface area (Å²) >= 11 is 0. The van der Waals surface area contributed by atoms with Crippen molar-refractivity contribution in [3.8, 4) is 5.69 Å². The van der Waals surface area contributed by atoms with Gasteiger partial charge >= 0.3 is 5.97 Å². The lowest BCUT2D eigenvalue weighted by molar-refractivity contribution is 0.0683. The molecule has 0 radical (unpaired) electrons. The van der Waals surface area contributed by atoms with Gasteiger partial charge in [-0.3, -0.25) is 4.68 Å². The standard InChI is InChI=1S/C11H15N5O2/c1-4-5-9-12-10(11(17)18)14-16(9)8-6-15(3)13-7(8)2/h6H,4-5H2,1-3H3,(H,17,18). The molecule has 0 saturated heterocycles. The zero-order valence-corrected chi connectivity index (χ0v) is 10.6. The molecular formula is C11H15N5O2. The van der Waals surface area contributed by atoms with Crippen molar-refractivity contribution in [2.75, 3.05) is 0 Å². The fourth-order valence-electron chi connectivity index (χ4n) is 1.81. The lowest BCUT2D eigenvalue weighted by atomic mass is 10.3. The highest BCUT2D eigenvalue weighted by Crippen LogP contribution is 2.14. The Kier molecular flexibility index (Phi) is 3.14. The Balaban J connectivity index is 2.54. The Morgan fingerprint density at radius 2 is 2.17 bits per heavy atom. The monoisotopic (exact) mass is 249 g/mol. The van der Waals surface area contributed by atoms with Gasteiger partial charge in [-0.05, 0) is 13.3 Å². The Labute approximate surface area is 104 Å². The average Bonchev–Trinajstić information content (AvgIpc) is 2.83. The zero-order chi connectivity index (χ0) is 13.3. The van der Waals surface area contributed by atoms with Crippen LogP contribution in [0.2, 0.25) is 0 Å². The fourth-order valence-corrected chi connectivity index (χ4v) is 1.81. The van der Waals surface area contributed by atoms with Gasteiger partial charge in [0.25, 0.3) is 5.82 Å². The third-order valence-corrected chi connectivity index (χ3v) is 2.55. The quantitative estimate of drug-likeness (QED) is 0.872. The summed E-state index contributed by atoms with van der Waals surface area (Å²) in [6.45, 7) is 3.86. The lowest BCUT2D eigenvalue weighted by Crippen LogP contribution is -2.04. The van der Waals surface area contributed by atoms with Gasteiger partial charge in [-0.25, -0.2) is 14.5 Å². The number of rotatable bonds is 4. The summed E-state index contributed by atoms with van der Waals surface area (Å²) < 4.78 is 3.23. The molecule has 96 valence electrons. The van der Waals surface area contributed by atoms with Crippen LogP contribution in [0.15, 0.2) is 6.20 Å². The molecule has 0 aliphatic rings. The molecule has 0 fully saturated rings. The molecule has 7 heteroatoms. The highest BCUT2D eigenvalue weighted by molar-refractivity contribution is 5.83. The molecule has 7 nitrogen and oxygen atoms in total. The van der Waals surface area contributed by atoms with Gasteiger partial charge in [0.05, 0.1) is 11.9 Å². The molecule has 18 heavy (non-hydrogen) atoms. The number of aromatic nitrogens is 5. The minimum Gasteiger partial charge on any atom is -0.475 e. The second kappa shape index (κ2) is 4.59. The lowest BCUT2D eigenvalue weighted by Gasteiger charge is -2.02. The van der Waals surface area contributed by atoms with Gasteiger partial charge in [0, 0.05) is 13.5 Å². The smallest absolute Gasteiger partial charge is 0.375 e. The number of aromatic carboxylic acids is 1. The predicted molar refractivity (Wildman–Crippen MR) is 63.8 cm³/mol. The second-order valence-corrected chi connectivity index (χ2v) is 4.09. The molecule has 0 atom stereocenters. The van der Waals surface area contributed by atoms with Crippen LogP contribution < -0.4 is 0 Å². The molecule has 2 heterocycles. The van der Waals surface area contributed by atoms with Crippen LogP contribution in [-0.4, -0.2) is 35.6 Å². The van der Waals surface area contributed by atoms with Crippen LogP contribution in [0, 0.1) is 6.92 Å². The number of nitrogens with zero attached hydrogens (tertiary/aromatic N) is 5. The predicted octanol–water partition coefficient (Wildman–Crippen LogP) is 0.960. The van der Waals surface area contributed by atoms with Crippen LogP contribution >= 0.6 is 0 Å². The Hall–Kier alpha value is -2.18. The van der Waals surface area contributed by atoms with Crippen molar-refractivity contribution >= 4 is 5.97 Å². The molecule has 0 aromatic carbocycles. The van der Waals surface area contributed by atoms with E-state index in [0.29, 0.717) is 12.2 Å².